The second-order valence-corrected chi connectivity index (χ2v) is 6.37. The molecule has 2 aromatic rings. The minimum atomic E-state index is -0.240. The normalized spacial score (nSPS) is 16.8. The summed E-state index contributed by atoms with van der Waals surface area (Å²) >= 11 is 11.8. The molecule has 126 valence electrons. The van der Waals surface area contributed by atoms with Crippen LogP contribution in [0.3, 0.4) is 0 Å². The van der Waals surface area contributed by atoms with Crippen molar-refractivity contribution >= 4 is 34.8 Å². The van der Waals surface area contributed by atoms with E-state index >= 15 is 0 Å². The fourth-order valence-corrected chi connectivity index (χ4v) is 2.77. The van der Waals surface area contributed by atoms with Crippen LogP contribution in [0.1, 0.15) is 23.2 Å². The highest BCUT2D eigenvalue weighted by atomic mass is 35.5. The number of hydrogen-bond acceptors (Lipinski definition) is 3. The Labute approximate surface area is 150 Å². The number of hydrogen-bond donors (Lipinski definition) is 1. The lowest BCUT2D eigenvalue weighted by Gasteiger charge is -2.12. The van der Waals surface area contributed by atoms with Gasteiger partial charge in [-0.2, -0.15) is 0 Å². The van der Waals surface area contributed by atoms with Gasteiger partial charge in [-0.1, -0.05) is 29.3 Å². The van der Waals surface area contributed by atoms with Crippen LogP contribution in [0, 0.1) is 0 Å². The molecule has 1 aliphatic heterocycles. The Morgan fingerprint density at radius 2 is 2.08 bits per heavy atom. The van der Waals surface area contributed by atoms with Crippen molar-refractivity contribution < 1.29 is 14.3 Å². The number of nitrogens with one attached hydrogen (secondary N) is 1. The molecule has 0 bridgehead atoms. The quantitative estimate of drug-likeness (QED) is 0.827. The first-order valence-electron chi connectivity index (χ1n) is 7.73. The number of halogens is 2. The maximum Gasteiger partial charge on any atom is 0.255 e. The molecule has 1 amide bonds. The molecule has 3 rings (SSSR count). The molecule has 0 aliphatic carbocycles. The third kappa shape index (κ3) is 4.41. The minimum absolute atomic E-state index is 0.138. The molecule has 0 saturated carbocycles. The van der Waals surface area contributed by atoms with Crippen molar-refractivity contribution in [2.24, 2.45) is 0 Å². The van der Waals surface area contributed by atoms with Crippen LogP contribution in [0.15, 0.2) is 42.5 Å². The molecule has 1 saturated heterocycles. The minimum Gasteiger partial charge on any atom is -0.491 e. The highest BCUT2D eigenvalue weighted by Gasteiger charge is 2.16. The molecular formula is C18H17Cl2NO3. The van der Waals surface area contributed by atoms with E-state index in [2.05, 4.69) is 5.32 Å². The van der Waals surface area contributed by atoms with E-state index in [9.17, 15) is 4.79 Å². The Balaban J connectivity index is 1.63. The van der Waals surface area contributed by atoms with Gasteiger partial charge in [0.1, 0.15) is 12.4 Å². The van der Waals surface area contributed by atoms with Gasteiger partial charge >= 0.3 is 0 Å². The zero-order valence-corrected chi connectivity index (χ0v) is 14.4. The third-order valence-electron chi connectivity index (χ3n) is 3.73. The Morgan fingerprint density at radius 3 is 2.83 bits per heavy atom. The van der Waals surface area contributed by atoms with Gasteiger partial charge in [-0.3, -0.25) is 4.79 Å². The smallest absolute Gasteiger partial charge is 0.255 e. The fraction of sp³-hybridized carbons (Fsp3) is 0.278. The third-order valence-corrected chi connectivity index (χ3v) is 4.47. The van der Waals surface area contributed by atoms with Gasteiger partial charge < -0.3 is 14.8 Å². The van der Waals surface area contributed by atoms with E-state index < -0.39 is 0 Å². The van der Waals surface area contributed by atoms with E-state index in [0.29, 0.717) is 33.7 Å². The van der Waals surface area contributed by atoms with E-state index in [-0.39, 0.29) is 12.0 Å². The second-order valence-electron chi connectivity index (χ2n) is 5.56. The predicted octanol–water partition coefficient (Wildman–Crippen LogP) is 4.80. The van der Waals surface area contributed by atoms with Gasteiger partial charge in [-0.05, 0) is 49.2 Å². The predicted molar refractivity (Wildman–Crippen MR) is 95.3 cm³/mol. The van der Waals surface area contributed by atoms with Gasteiger partial charge in [0, 0.05) is 17.9 Å². The van der Waals surface area contributed by atoms with Crippen LogP contribution in [-0.2, 0) is 4.74 Å². The molecule has 0 spiro atoms. The first-order valence-corrected chi connectivity index (χ1v) is 8.48. The molecule has 1 unspecified atom stereocenters. The largest absolute Gasteiger partial charge is 0.491 e. The van der Waals surface area contributed by atoms with Gasteiger partial charge in [0.25, 0.3) is 5.91 Å². The van der Waals surface area contributed by atoms with Crippen molar-refractivity contribution in [3.63, 3.8) is 0 Å². The summed E-state index contributed by atoms with van der Waals surface area (Å²) in [7, 11) is 0. The van der Waals surface area contributed by atoms with Crippen LogP contribution in [0.4, 0.5) is 5.69 Å². The highest BCUT2D eigenvalue weighted by Crippen LogP contribution is 2.25. The van der Waals surface area contributed by atoms with E-state index in [0.717, 1.165) is 19.4 Å². The van der Waals surface area contributed by atoms with Crippen LogP contribution in [0.25, 0.3) is 0 Å². The van der Waals surface area contributed by atoms with E-state index in [1.807, 2.05) is 6.07 Å². The van der Waals surface area contributed by atoms with Crippen molar-refractivity contribution in [3.8, 4) is 5.75 Å². The van der Waals surface area contributed by atoms with Crippen LogP contribution in [-0.4, -0.2) is 25.2 Å². The van der Waals surface area contributed by atoms with Crippen molar-refractivity contribution in [3.05, 3.63) is 58.1 Å². The Hall–Kier alpha value is -1.75. The Kier molecular flexibility index (Phi) is 5.61. The number of carbonyl (C=O) groups excluding carboxylic acids is 1. The summed E-state index contributed by atoms with van der Waals surface area (Å²) in [5.74, 6) is 0.406. The summed E-state index contributed by atoms with van der Waals surface area (Å²) < 4.78 is 11.2. The van der Waals surface area contributed by atoms with E-state index in [1.165, 1.54) is 0 Å². The molecule has 0 aromatic heterocycles. The molecule has 1 aliphatic rings. The van der Waals surface area contributed by atoms with E-state index in [4.69, 9.17) is 32.7 Å². The van der Waals surface area contributed by atoms with Crippen LogP contribution in [0.2, 0.25) is 10.0 Å². The van der Waals surface area contributed by atoms with Crippen LogP contribution >= 0.6 is 23.2 Å². The van der Waals surface area contributed by atoms with E-state index in [1.54, 1.807) is 36.4 Å². The van der Waals surface area contributed by atoms with Gasteiger partial charge in [0.2, 0.25) is 0 Å². The van der Waals surface area contributed by atoms with Crippen LogP contribution in [0.5, 0.6) is 5.75 Å². The second kappa shape index (κ2) is 7.88. The first kappa shape index (κ1) is 17.1. The monoisotopic (exact) mass is 365 g/mol. The fourth-order valence-electron chi connectivity index (χ4n) is 2.47. The topological polar surface area (TPSA) is 47.6 Å². The Morgan fingerprint density at radius 1 is 1.21 bits per heavy atom. The van der Waals surface area contributed by atoms with Crippen molar-refractivity contribution in [1.29, 1.82) is 0 Å². The summed E-state index contributed by atoms with van der Waals surface area (Å²) in [4.78, 5) is 12.4. The van der Waals surface area contributed by atoms with Gasteiger partial charge in [-0.15, -0.1) is 0 Å². The lowest BCUT2D eigenvalue weighted by Crippen LogP contribution is -2.17. The zero-order valence-electron chi connectivity index (χ0n) is 12.9. The molecule has 1 fully saturated rings. The molecule has 6 heteroatoms. The summed E-state index contributed by atoms with van der Waals surface area (Å²) in [5.41, 5.74) is 1.09. The molecular weight excluding hydrogens is 349 g/mol. The Bertz CT molecular complexity index is 730. The lowest BCUT2D eigenvalue weighted by atomic mass is 10.2. The molecule has 1 heterocycles. The van der Waals surface area contributed by atoms with Crippen molar-refractivity contribution in [1.82, 2.24) is 0 Å². The molecule has 1 atom stereocenters. The number of ether oxygens (including phenoxy) is 2. The summed E-state index contributed by atoms with van der Waals surface area (Å²) in [6.45, 7) is 1.29. The summed E-state index contributed by atoms with van der Waals surface area (Å²) in [5, 5.41) is 3.62. The average molecular weight is 366 g/mol. The van der Waals surface area contributed by atoms with Gasteiger partial charge in [0.15, 0.2) is 0 Å². The zero-order chi connectivity index (χ0) is 16.9. The highest BCUT2D eigenvalue weighted by molar-refractivity contribution is 6.42. The number of anilines is 1. The maximum atomic E-state index is 12.4. The number of amides is 1. The summed E-state index contributed by atoms with van der Waals surface area (Å²) in [6.07, 6.45) is 2.22. The van der Waals surface area contributed by atoms with Gasteiger partial charge in [0.05, 0.1) is 16.1 Å². The summed E-state index contributed by atoms with van der Waals surface area (Å²) in [6, 6.07) is 12.0. The lowest BCUT2D eigenvalue weighted by molar-refractivity contribution is 0.0679. The van der Waals surface area contributed by atoms with Crippen molar-refractivity contribution in [2.75, 3.05) is 18.5 Å². The molecule has 1 N–H and O–H groups in total. The molecule has 2 aromatic carbocycles. The van der Waals surface area contributed by atoms with Crippen molar-refractivity contribution in [2.45, 2.75) is 18.9 Å². The number of rotatable bonds is 5. The number of benzene rings is 2. The maximum absolute atomic E-state index is 12.4. The van der Waals surface area contributed by atoms with Crippen LogP contribution < -0.4 is 10.1 Å². The molecule has 24 heavy (non-hydrogen) atoms. The average Bonchev–Trinajstić information content (AvgIpc) is 3.10. The molecule has 0 radical (unpaired) electrons. The van der Waals surface area contributed by atoms with Gasteiger partial charge in [-0.25, -0.2) is 0 Å². The molecule has 4 nitrogen and oxygen atoms in total. The standard InChI is InChI=1S/C18H17Cl2NO3/c19-16-7-6-13(10-17(16)20)21-18(22)12-3-1-4-14(9-12)24-11-15-5-2-8-23-15/h1,3-4,6-7,9-10,15H,2,5,8,11H2,(H,21,22). The first-order chi connectivity index (χ1) is 11.6. The number of carbonyl (C=O) groups is 1. The SMILES string of the molecule is O=C(Nc1ccc(Cl)c(Cl)c1)c1cccc(OCC2CCCO2)c1.